The quantitative estimate of drug-likeness (QED) is 0.891. The standard InChI is InChI=1S/C15H21NO3/c1-11-6-4-7-12(13(11)17)14(18)16-9-5-8-15(2,10-16)19-3/h4,6-7,17H,5,8-10H2,1-3H3. The van der Waals surface area contributed by atoms with Crippen molar-refractivity contribution in [2.75, 3.05) is 20.2 Å². The molecule has 0 spiro atoms. The van der Waals surface area contributed by atoms with Crippen molar-refractivity contribution in [2.45, 2.75) is 32.3 Å². The molecule has 2 rings (SSSR count). The van der Waals surface area contributed by atoms with Gasteiger partial charge in [0.15, 0.2) is 0 Å². The SMILES string of the molecule is COC1(C)CCCN(C(=O)c2cccc(C)c2O)C1. The van der Waals surface area contributed by atoms with Gasteiger partial charge in [0.25, 0.3) is 5.91 Å². The third kappa shape index (κ3) is 2.73. The van der Waals surface area contributed by atoms with Gasteiger partial charge >= 0.3 is 0 Å². The van der Waals surface area contributed by atoms with Gasteiger partial charge in [-0.05, 0) is 38.3 Å². The van der Waals surface area contributed by atoms with Gasteiger partial charge in [0.05, 0.1) is 11.2 Å². The second-order valence-corrected chi connectivity index (χ2v) is 5.46. The Kier molecular flexibility index (Phi) is 3.80. The second-order valence-electron chi connectivity index (χ2n) is 5.46. The summed E-state index contributed by atoms with van der Waals surface area (Å²) in [5.41, 5.74) is 0.811. The number of aromatic hydroxyl groups is 1. The topological polar surface area (TPSA) is 49.8 Å². The van der Waals surface area contributed by atoms with E-state index < -0.39 is 0 Å². The highest BCUT2D eigenvalue weighted by molar-refractivity contribution is 5.97. The molecular formula is C15H21NO3. The van der Waals surface area contributed by atoms with Crippen LogP contribution in [-0.2, 0) is 4.74 Å². The smallest absolute Gasteiger partial charge is 0.257 e. The first-order valence-electron chi connectivity index (χ1n) is 6.60. The molecule has 1 aromatic rings. The van der Waals surface area contributed by atoms with E-state index in [9.17, 15) is 9.90 Å². The molecule has 19 heavy (non-hydrogen) atoms. The van der Waals surface area contributed by atoms with Crippen LogP contribution in [0.3, 0.4) is 0 Å². The number of carbonyl (C=O) groups is 1. The third-order valence-electron chi connectivity index (χ3n) is 3.91. The van der Waals surface area contributed by atoms with Crippen LogP contribution in [0.5, 0.6) is 5.75 Å². The lowest BCUT2D eigenvalue weighted by molar-refractivity contribution is -0.0440. The number of methoxy groups -OCH3 is 1. The normalized spacial score (nSPS) is 23.4. The van der Waals surface area contributed by atoms with Gasteiger partial charge in [-0.1, -0.05) is 12.1 Å². The Labute approximate surface area is 114 Å². The van der Waals surface area contributed by atoms with Crippen LogP contribution in [0.4, 0.5) is 0 Å². The van der Waals surface area contributed by atoms with E-state index in [1.165, 1.54) is 0 Å². The maximum atomic E-state index is 12.5. The number of amides is 1. The molecule has 1 atom stereocenters. The second kappa shape index (κ2) is 5.21. The van der Waals surface area contributed by atoms with Crippen LogP contribution < -0.4 is 0 Å². The summed E-state index contributed by atoms with van der Waals surface area (Å²) in [4.78, 5) is 14.3. The summed E-state index contributed by atoms with van der Waals surface area (Å²) < 4.78 is 5.49. The maximum Gasteiger partial charge on any atom is 0.257 e. The van der Waals surface area contributed by atoms with E-state index in [0.717, 1.165) is 18.4 Å². The van der Waals surface area contributed by atoms with Gasteiger partial charge in [-0.25, -0.2) is 0 Å². The number of hydrogen-bond acceptors (Lipinski definition) is 3. The summed E-state index contributed by atoms with van der Waals surface area (Å²) >= 11 is 0. The Morgan fingerprint density at radius 2 is 2.21 bits per heavy atom. The van der Waals surface area contributed by atoms with E-state index in [1.807, 2.05) is 6.92 Å². The largest absolute Gasteiger partial charge is 0.507 e. The number of phenolic OH excluding ortho intramolecular Hbond substituents is 1. The first-order valence-corrected chi connectivity index (χ1v) is 6.60. The van der Waals surface area contributed by atoms with Crippen molar-refractivity contribution in [3.8, 4) is 5.75 Å². The molecule has 4 nitrogen and oxygen atoms in total. The van der Waals surface area contributed by atoms with Gasteiger partial charge in [0.1, 0.15) is 5.75 Å². The average molecular weight is 263 g/mol. The molecular weight excluding hydrogens is 242 g/mol. The molecule has 1 unspecified atom stereocenters. The minimum atomic E-state index is -0.284. The Balaban J connectivity index is 2.22. The number of likely N-dealkylation sites (tertiary alicyclic amines) is 1. The Morgan fingerprint density at radius 1 is 1.47 bits per heavy atom. The van der Waals surface area contributed by atoms with Crippen LogP contribution in [0.25, 0.3) is 0 Å². The molecule has 1 fully saturated rings. The van der Waals surface area contributed by atoms with Crippen molar-refractivity contribution in [3.05, 3.63) is 29.3 Å². The molecule has 4 heteroatoms. The van der Waals surface area contributed by atoms with Crippen LogP contribution in [-0.4, -0.2) is 41.7 Å². The maximum absolute atomic E-state index is 12.5. The lowest BCUT2D eigenvalue weighted by Gasteiger charge is -2.39. The first-order chi connectivity index (χ1) is 8.97. The van der Waals surface area contributed by atoms with Crippen LogP contribution in [0.15, 0.2) is 18.2 Å². The highest BCUT2D eigenvalue weighted by Crippen LogP contribution is 2.28. The number of hydrogen-bond donors (Lipinski definition) is 1. The van der Waals surface area contributed by atoms with E-state index in [0.29, 0.717) is 18.7 Å². The number of para-hydroxylation sites is 1. The number of piperidine rings is 1. The summed E-state index contributed by atoms with van der Waals surface area (Å²) in [5.74, 6) is -0.0404. The summed E-state index contributed by atoms with van der Waals surface area (Å²) in [7, 11) is 1.68. The molecule has 0 bridgehead atoms. The van der Waals surface area contributed by atoms with Crippen molar-refractivity contribution in [1.29, 1.82) is 0 Å². The number of nitrogens with zero attached hydrogens (tertiary/aromatic N) is 1. The predicted octanol–water partition coefficient (Wildman–Crippen LogP) is 2.34. The number of rotatable bonds is 2. The van der Waals surface area contributed by atoms with E-state index >= 15 is 0 Å². The highest BCUT2D eigenvalue weighted by atomic mass is 16.5. The number of aryl methyl sites for hydroxylation is 1. The molecule has 0 saturated carbocycles. The van der Waals surface area contributed by atoms with Crippen LogP contribution in [0, 0.1) is 6.92 Å². The number of ether oxygens (including phenoxy) is 1. The third-order valence-corrected chi connectivity index (χ3v) is 3.91. The molecule has 1 aliphatic rings. The van der Waals surface area contributed by atoms with Crippen LogP contribution in [0.1, 0.15) is 35.7 Å². The summed E-state index contributed by atoms with van der Waals surface area (Å²) in [6.07, 6.45) is 1.87. The zero-order valence-electron chi connectivity index (χ0n) is 11.8. The zero-order valence-corrected chi connectivity index (χ0v) is 11.8. The Morgan fingerprint density at radius 3 is 2.89 bits per heavy atom. The summed E-state index contributed by atoms with van der Waals surface area (Å²) in [6, 6.07) is 5.26. The number of carbonyl (C=O) groups excluding carboxylic acids is 1. The lowest BCUT2D eigenvalue weighted by Crippen LogP contribution is -2.49. The lowest BCUT2D eigenvalue weighted by atomic mass is 9.94. The zero-order chi connectivity index (χ0) is 14.0. The van der Waals surface area contributed by atoms with Crippen molar-refractivity contribution in [1.82, 2.24) is 4.90 Å². The molecule has 1 amide bonds. The first kappa shape index (κ1) is 13.9. The fraction of sp³-hybridized carbons (Fsp3) is 0.533. The monoisotopic (exact) mass is 263 g/mol. The average Bonchev–Trinajstić information content (AvgIpc) is 2.41. The van der Waals surface area contributed by atoms with Crippen LogP contribution in [0.2, 0.25) is 0 Å². The van der Waals surface area contributed by atoms with E-state index in [2.05, 4.69) is 0 Å². The minimum Gasteiger partial charge on any atom is -0.507 e. The van der Waals surface area contributed by atoms with Crippen molar-refractivity contribution >= 4 is 5.91 Å². The van der Waals surface area contributed by atoms with E-state index in [4.69, 9.17) is 4.74 Å². The van der Waals surface area contributed by atoms with Gasteiger partial charge in [0, 0.05) is 20.2 Å². The molecule has 1 aromatic carbocycles. The van der Waals surface area contributed by atoms with Crippen molar-refractivity contribution in [3.63, 3.8) is 0 Å². The van der Waals surface area contributed by atoms with Crippen molar-refractivity contribution < 1.29 is 14.6 Å². The fourth-order valence-corrected chi connectivity index (χ4v) is 2.55. The number of phenols is 1. The fourth-order valence-electron chi connectivity index (χ4n) is 2.55. The predicted molar refractivity (Wildman–Crippen MR) is 73.4 cm³/mol. The van der Waals surface area contributed by atoms with Gasteiger partial charge in [0.2, 0.25) is 0 Å². The molecule has 1 aliphatic heterocycles. The Bertz CT molecular complexity index is 486. The number of benzene rings is 1. The minimum absolute atomic E-state index is 0.0807. The molecule has 1 heterocycles. The van der Waals surface area contributed by atoms with E-state index in [-0.39, 0.29) is 17.3 Å². The molecule has 0 aromatic heterocycles. The molecule has 104 valence electrons. The van der Waals surface area contributed by atoms with Crippen LogP contribution >= 0.6 is 0 Å². The highest BCUT2D eigenvalue weighted by Gasteiger charge is 2.34. The van der Waals surface area contributed by atoms with Gasteiger partial charge in [-0.2, -0.15) is 0 Å². The molecule has 1 N–H and O–H groups in total. The summed E-state index contributed by atoms with van der Waals surface area (Å²) in [6.45, 7) is 5.09. The molecule has 0 aliphatic carbocycles. The van der Waals surface area contributed by atoms with Gasteiger partial charge in [-0.3, -0.25) is 4.79 Å². The summed E-state index contributed by atoms with van der Waals surface area (Å²) in [5, 5.41) is 10.0. The van der Waals surface area contributed by atoms with E-state index in [1.54, 1.807) is 37.1 Å². The van der Waals surface area contributed by atoms with Gasteiger partial charge < -0.3 is 14.7 Å². The molecule has 1 saturated heterocycles. The Hall–Kier alpha value is -1.55. The van der Waals surface area contributed by atoms with Gasteiger partial charge in [-0.15, -0.1) is 0 Å². The molecule has 0 radical (unpaired) electrons. The van der Waals surface area contributed by atoms with Crippen molar-refractivity contribution in [2.24, 2.45) is 0 Å².